The maximum atomic E-state index is 11.9. The second-order valence-corrected chi connectivity index (χ2v) is 4.59. The molecule has 0 bridgehead atoms. The van der Waals surface area contributed by atoms with Gasteiger partial charge in [-0.3, -0.25) is 0 Å². The van der Waals surface area contributed by atoms with Gasteiger partial charge in [-0.2, -0.15) is 0 Å². The number of carbonyl (C=O) groups is 2. The summed E-state index contributed by atoms with van der Waals surface area (Å²) in [6, 6.07) is 8.94. The number of rotatable bonds is 8. The van der Waals surface area contributed by atoms with Gasteiger partial charge >= 0.3 is 120 Å². The summed E-state index contributed by atoms with van der Waals surface area (Å²) in [5.74, 6) is -0.416. The van der Waals surface area contributed by atoms with Crippen LogP contribution in [-0.4, -0.2) is 31.4 Å². The van der Waals surface area contributed by atoms with Crippen LogP contribution >= 0.6 is 0 Å². The molecule has 0 spiro atoms. The Bertz CT molecular complexity index is 448. The number of carbonyl (C=O) groups excluding carboxylic acids is 2. The van der Waals surface area contributed by atoms with E-state index in [9.17, 15) is 9.59 Å². The first-order chi connectivity index (χ1) is 9.67. The van der Waals surface area contributed by atoms with Crippen LogP contribution in [0.4, 0.5) is 0 Å². The molecule has 2 N–H and O–H groups in total. The van der Waals surface area contributed by atoms with Crippen LogP contribution in [-0.2, 0) is 16.0 Å². The van der Waals surface area contributed by atoms with E-state index in [2.05, 4.69) is 10.6 Å². The molecule has 1 unspecified atom stereocenters. The van der Waals surface area contributed by atoms with Crippen molar-refractivity contribution in [3.63, 3.8) is 0 Å². The Balaban J connectivity index is 2.67. The van der Waals surface area contributed by atoms with Crippen molar-refractivity contribution in [1.82, 2.24) is 10.6 Å². The van der Waals surface area contributed by atoms with Gasteiger partial charge in [-0.25, -0.2) is 0 Å². The van der Waals surface area contributed by atoms with Crippen LogP contribution in [0.25, 0.3) is 0 Å². The van der Waals surface area contributed by atoms with Crippen molar-refractivity contribution in [2.24, 2.45) is 0 Å². The number of unbranched alkanes of at least 4 members (excludes halogenated alkanes) is 1. The first kappa shape index (κ1) is 16.2. The summed E-state index contributed by atoms with van der Waals surface area (Å²) in [5, 5.41) is 5.18. The molecule has 4 nitrogen and oxygen atoms in total. The second-order valence-electron chi connectivity index (χ2n) is 4.59. The van der Waals surface area contributed by atoms with Crippen LogP contribution in [0.3, 0.4) is 0 Å². The van der Waals surface area contributed by atoms with Crippen molar-refractivity contribution in [1.29, 1.82) is 0 Å². The molecule has 1 atom stereocenters. The zero-order chi connectivity index (χ0) is 14.8. The molecule has 0 saturated heterocycles. The van der Waals surface area contributed by atoms with E-state index in [0.717, 1.165) is 24.5 Å². The Labute approximate surface area is 121 Å². The van der Waals surface area contributed by atoms with Crippen LogP contribution in [0.2, 0.25) is 0 Å². The van der Waals surface area contributed by atoms with E-state index in [4.69, 9.17) is 7.49 Å². The first-order valence-electron chi connectivity index (χ1n) is 6.84. The Morgan fingerprint density at radius 1 is 1.30 bits per heavy atom. The molecule has 0 aliphatic rings. The summed E-state index contributed by atoms with van der Waals surface area (Å²) >= 11 is 0. The summed E-state index contributed by atoms with van der Waals surface area (Å²) in [6.45, 7) is 2.02. The van der Waals surface area contributed by atoms with Crippen LogP contribution in [0.1, 0.15) is 31.7 Å². The first-order valence-corrected chi connectivity index (χ1v) is 6.84. The molecule has 1 radical (unpaired) electrons. The maximum absolute atomic E-state index is 11.9. The second kappa shape index (κ2) is 9.07. The summed E-state index contributed by atoms with van der Waals surface area (Å²) in [6.07, 6.45) is 3.71. The van der Waals surface area contributed by atoms with E-state index >= 15 is 0 Å². The Hall–Kier alpha value is -1.91. The molecule has 105 valence electrons. The molecule has 1 rings (SSSR count). The van der Waals surface area contributed by atoms with Gasteiger partial charge in [-0.15, -0.1) is 0 Å². The minimum atomic E-state index is -0.610. The number of amides is 2. The molecule has 2 amide bonds. The van der Waals surface area contributed by atoms with Gasteiger partial charge in [0.1, 0.15) is 0 Å². The molecular weight excluding hydrogens is 251 g/mol. The van der Waals surface area contributed by atoms with Crippen molar-refractivity contribution in [3.05, 3.63) is 35.9 Å². The third-order valence-electron chi connectivity index (χ3n) is 2.92. The van der Waals surface area contributed by atoms with Crippen LogP contribution in [0.15, 0.2) is 30.3 Å². The van der Waals surface area contributed by atoms with Gasteiger partial charge in [0.05, 0.1) is 0 Å². The van der Waals surface area contributed by atoms with E-state index in [1.54, 1.807) is 0 Å². The Morgan fingerprint density at radius 3 is 2.60 bits per heavy atom. The minimum absolute atomic E-state index is 0.111. The predicted molar refractivity (Wildman–Crippen MR) is 81.6 cm³/mol. The fourth-order valence-electron chi connectivity index (χ4n) is 1.85. The number of hydrogen-bond donors (Lipinski definition) is 2. The Morgan fingerprint density at radius 2 is 2.00 bits per heavy atom. The van der Waals surface area contributed by atoms with Crippen molar-refractivity contribution < 1.29 is 9.59 Å². The Kier molecular flexibility index (Phi) is 7.33. The fraction of sp³-hybridized carbons (Fsp3) is 0.400. The monoisotopic (exact) mass is 271 g/mol. The van der Waals surface area contributed by atoms with Crippen molar-refractivity contribution >= 4 is 25.4 Å². The quantitative estimate of drug-likeness (QED) is 0.691. The van der Waals surface area contributed by atoms with Gasteiger partial charge in [0.25, 0.3) is 0 Å². The van der Waals surface area contributed by atoms with E-state index in [1.807, 2.05) is 37.3 Å². The SMILES string of the molecule is [B]=CNC(=O)C(Cc1ccccc1)NC(=O)CCCC. The van der Waals surface area contributed by atoms with Gasteiger partial charge in [-0.1, -0.05) is 0 Å². The van der Waals surface area contributed by atoms with Gasteiger partial charge in [-0.05, 0) is 0 Å². The molecular formula is C15H20BN2O2. The van der Waals surface area contributed by atoms with Gasteiger partial charge in [0, 0.05) is 0 Å². The molecule has 0 fully saturated rings. The fourth-order valence-corrected chi connectivity index (χ4v) is 1.85. The molecule has 0 aliphatic carbocycles. The van der Waals surface area contributed by atoms with Gasteiger partial charge in [0.2, 0.25) is 0 Å². The van der Waals surface area contributed by atoms with Crippen molar-refractivity contribution in [2.45, 2.75) is 38.6 Å². The molecule has 1 aromatic rings. The zero-order valence-electron chi connectivity index (χ0n) is 11.8. The normalized spacial score (nSPS) is 11.4. The molecule has 1 aromatic carbocycles. The number of nitrogens with one attached hydrogen (secondary N) is 2. The molecule has 0 saturated carbocycles. The molecule has 0 heterocycles. The van der Waals surface area contributed by atoms with Gasteiger partial charge in [0.15, 0.2) is 0 Å². The molecule has 0 aromatic heterocycles. The average Bonchev–Trinajstić information content (AvgIpc) is 2.46. The number of hydrogen-bond acceptors (Lipinski definition) is 2. The zero-order valence-corrected chi connectivity index (χ0v) is 11.8. The summed E-state index contributed by atoms with van der Waals surface area (Å²) in [7, 11) is 5.20. The van der Waals surface area contributed by atoms with Crippen LogP contribution in [0.5, 0.6) is 0 Å². The van der Waals surface area contributed by atoms with Crippen LogP contribution < -0.4 is 10.6 Å². The van der Waals surface area contributed by atoms with Gasteiger partial charge < -0.3 is 0 Å². The summed E-state index contributed by atoms with van der Waals surface area (Å²) in [4.78, 5) is 23.7. The topological polar surface area (TPSA) is 58.2 Å². The molecule has 5 heteroatoms. The summed E-state index contributed by atoms with van der Waals surface area (Å²) < 4.78 is 0. The third kappa shape index (κ3) is 5.82. The van der Waals surface area contributed by atoms with E-state index in [1.165, 1.54) is 0 Å². The van der Waals surface area contributed by atoms with Crippen LogP contribution in [0, 0.1) is 0 Å². The average molecular weight is 271 g/mol. The predicted octanol–water partition coefficient (Wildman–Crippen LogP) is 0.948. The molecule has 0 aliphatic heterocycles. The van der Waals surface area contributed by atoms with Crippen molar-refractivity contribution in [2.75, 3.05) is 0 Å². The third-order valence-corrected chi connectivity index (χ3v) is 2.92. The number of benzene rings is 1. The standard InChI is InChI=1S/C15H20BN2O2/c1-2-3-9-14(19)18-13(15(20)17-11-16)10-12-7-5-4-6-8-12/h4-8,11,13H,2-3,9-10H2,1H3,(H,17,20)(H,18,19). The van der Waals surface area contributed by atoms with Crippen molar-refractivity contribution in [3.8, 4) is 0 Å². The van der Waals surface area contributed by atoms with E-state index in [-0.39, 0.29) is 11.8 Å². The molecule has 20 heavy (non-hydrogen) atoms. The van der Waals surface area contributed by atoms with E-state index in [0.29, 0.717) is 12.8 Å². The summed E-state index contributed by atoms with van der Waals surface area (Å²) in [5.41, 5.74) is 0.987. The van der Waals surface area contributed by atoms with E-state index < -0.39 is 6.04 Å².